The smallest absolute Gasteiger partial charge is 0.253 e. The number of aromatic amines is 1. The molecule has 0 saturated carbocycles. The highest BCUT2D eigenvalue weighted by Crippen LogP contribution is 2.28. The Balaban J connectivity index is 1.55. The number of benzene rings is 2. The van der Waals surface area contributed by atoms with Crippen LogP contribution in [0.4, 0.5) is 4.39 Å². The number of fused-ring (bicyclic) bond motifs is 2. The van der Waals surface area contributed by atoms with Crippen LogP contribution in [-0.2, 0) is 13.5 Å². The van der Waals surface area contributed by atoms with Crippen LogP contribution in [0.25, 0.3) is 21.8 Å². The summed E-state index contributed by atoms with van der Waals surface area (Å²) in [4.78, 5) is 15.8. The molecule has 2 N–H and O–H groups in total. The Bertz CT molecular complexity index is 1170. The maximum atomic E-state index is 14.1. The van der Waals surface area contributed by atoms with Crippen LogP contribution in [0.3, 0.4) is 0 Å². The number of carbonyl (C=O) groups is 1. The third-order valence-electron chi connectivity index (χ3n) is 5.23. The third-order valence-corrected chi connectivity index (χ3v) is 5.23. The normalized spacial score (nSPS) is 11.4. The molecule has 2 heterocycles. The van der Waals surface area contributed by atoms with Crippen molar-refractivity contribution in [3.05, 3.63) is 70.8 Å². The first-order valence-corrected chi connectivity index (χ1v) is 9.06. The number of aromatic nitrogens is 2. The van der Waals surface area contributed by atoms with Gasteiger partial charge in [-0.3, -0.25) is 4.79 Å². The average Bonchev–Trinajstić information content (AvgIpc) is 3.17. The Morgan fingerprint density at radius 3 is 2.78 bits per heavy atom. The number of rotatable bonds is 4. The van der Waals surface area contributed by atoms with Gasteiger partial charge < -0.3 is 14.9 Å². The zero-order valence-corrected chi connectivity index (χ0v) is 15.7. The third kappa shape index (κ3) is 2.89. The molecule has 4 rings (SSSR count). The summed E-state index contributed by atoms with van der Waals surface area (Å²) in [7, 11) is 1.94. The average molecular weight is 363 g/mol. The quantitative estimate of drug-likeness (QED) is 0.555. The number of H-pyrrole nitrogens is 1. The van der Waals surface area contributed by atoms with Crippen molar-refractivity contribution in [3.8, 4) is 0 Å². The van der Waals surface area contributed by atoms with E-state index in [0.29, 0.717) is 24.0 Å². The van der Waals surface area contributed by atoms with E-state index >= 15 is 0 Å². The van der Waals surface area contributed by atoms with Gasteiger partial charge in [0.2, 0.25) is 0 Å². The fourth-order valence-corrected chi connectivity index (χ4v) is 3.87. The minimum atomic E-state index is -0.246. The number of hydrogen-bond acceptors (Lipinski definition) is 1. The van der Waals surface area contributed by atoms with Crippen molar-refractivity contribution in [1.82, 2.24) is 14.9 Å². The number of nitrogens with zero attached hydrogens (tertiary/aromatic N) is 1. The molecule has 0 unspecified atom stereocenters. The van der Waals surface area contributed by atoms with Crippen molar-refractivity contribution in [1.29, 1.82) is 0 Å². The largest absolute Gasteiger partial charge is 0.356 e. The van der Waals surface area contributed by atoms with Gasteiger partial charge in [0.25, 0.3) is 5.91 Å². The second kappa shape index (κ2) is 6.58. The molecule has 0 radical (unpaired) electrons. The van der Waals surface area contributed by atoms with Crippen molar-refractivity contribution in [2.75, 3.05) is 6.54 Å². The molecule has 0 aliphatic rings. The lowest BCUT2D eigenvalue weighted by molar-refractivity contribution is 0.0955. The summed E-state index contributed by atoms with van der Waals surface area (Å²) in [5.74, 6) is -0.336. The molecule has 1 amide bonds. The van der Waals surface area contributed by atoms with Gasteiger partial charge in [-0.25, -0.2) is 4.39 Å². The first kappa shape index (κ1) is 17.3. The lowest BCUT2D eigenvalue weighted by Gasteiger charge is -2.06. The molecule has 5 heteroatoms. The van der Waals surface area contributed by atoms with Crippen LogP contribution in [0, 0.1) is 19.7 Å². The lowest BCUT2D eigenvalue weighted by atomic mass is 10.0. The Hall–Kier alpha value is -3.08. The second-order valence-corrected chi connectivity index (χ2v) is 7.02. The van der Waals surface area contributed by atoms with E-state index in [1.165, 1.54) is 6.07 Å². The summed E-state index contributed by atoms with van der Waals surface area (Å²) < 4.78 is 16.0. The number of halogens is 1. The maximum absolute atomic E-state index is 14.1. The first-order chi connectivity index (χ1) is 13.0. The van der Waals surface area contributed by atoms with Crippen molar-refractivity contribution in [3.63, 3.8) is 0 Å². The van der Waals surface area contributed by atoms with Gasteiger partial charge in [0, 0.05) is 41.8 Å². The fraction of sp³-hybridized carbons (Fsp3) is 0.227. The van der Waals surface area contributed by atoms with E-state index in [0.717, 1.165) is 33.1 Å². The van der Waals surface area contributed by atoms with E-state index in [4.69, 9.17) is 0 Å². The molecule has 0 fully saturated rings. The summed E-state index contributed by atoms with van der Waals surface area (Å²) in [5.41, 5.74) is 5.28. The highest BCUT2D eigenvalue weighted by molar-refractivity contribution is 6.07. The molecular formula is C22H22FN3O. The Morgan fingerprint density at radius 2 is 1.96 bits per heavy atom. The highest BCUT2D eigenvalue weighted by Gasteiger charge is 2.16. The molecule has 0 bridgehead atoms. The number of para-hydroxylation sites is 1. The van der Waals surface area contributed by atoms with Gasteiger partial charge in [0.1, 0.15) is 5.82 Å². The molecule has 4 nitrogen and oxygen atoms in total. The molecule has 2 aromatic heterocycles. The topological polar surface area (TPSA) is 49.8 Å². The summed E-state index contributed by atoms with van der Waals surface area (Å²) in [6.45, 7) is 4.42. The first-order valence-electron chi connectivity index (χ1n) is 9.06. The fourth-order valence-electron chi connectivity index (χ4n) is 3.87. The standard InChI is InChI=1S/C22H22FN3O/c1-13-8-9-18(23)21-20(13)15(14(2)25-21)10-11-24-22(27)17-12-26(3)19-7-5-4-6-16(17)19/h4-9,12,25H,10-11H2,1-3H3,(H,24,27). The van der Waals surface area contributed by atoms with Gasteiger partial charge in [0.15, 0.2) is 0 Å². The van der Waals surface area contributed by atoms with Crippen molar-refractivity contribution < 1.29 is 9.18 Å². The number of carbonyl (C=O) groups excluding carboxylic acids is 1. The molecule has 0 spiro atoms. The Kier molecular flexibility index (Phi) is 4.22. The Morgan fingerprint density at radius 1 is 1.19 bits per heavy atom. The van der Waals surface area contributed by atoms with E-state index in [1.54, 1.807) is 6.07 Å². The van der Waals surface area contributed by atoms with Gasteiger partial charge in [-0.2, -0.15) is 0 Å². The number of aryl methyl sites for hydroxylation is 3. The molecule has 0 aliphatic carbocycles. The monoisotopic (exact) mass is 363 g/mol. The number of amides is 1. The van der Waals surface area contributed by atoms with Crippen LogP contribution in [0.2, 0.25) is 0 Å². The molecule has 0 saturated heterocycles. The van der Waals surface area contributed by atoms with Gasteiger partial charge >= 0.3 is 0 Å². The van der Waals surface area contributed by atoms with E-state index in [1.807, 2.05) is 55.9 Å². The summed E-state index contributed by atoms with van der Waals surface area (Å²) in [6, 6.07) is 11.1. The predicted octanol–water partition coefficient (Wildman–Crippen LogP) is 4.39. The minimum Gasteiger partial charge on any atom is -0.356 e. The summed E-state index contributed by atoms with van der Waals surface area (Å²) in [5, 5.41) is 4.88. The highest BCUT2D eigenvalue weighted by atomic mass is 19.1. The SMILES string of the molecule is Cc1[nH]c2c(F)ccc(C)c2c1CCNC(=O)c1cn(C)c2ccccc12. The van der Waals surface area contributed by atoms with Crippen LogP contribution < -0.4 is 5.32 Å². The van der Waals surface area contributed by atoms with E-state index in [9.17, 15) is 9.18 Å². The lowest BCUT2D eigenvalue weighted by Crippen LogP contribution is -2.25. The summed E-state index contributed by atoms with van der Waals surface area (Å²) >= 11 is 0. The van der Waals surface area contributed by atoms with Crippen LogP contribution in [0.15, 0.2) is 42.6 Å². The maximum Gasteiger partial charge on any atom is 0.253 e. The number of nitrogens with one attached hydrogen (secondary N) is 2. The van der Waals surface area contributed by atoms with Crippen LogP contribution in [0.5, 0.6) is 0 Å². The van der Waals surface area contributed by atoms with Crippen LogP contribution >= 0.6 is 0 Å². The van der Waals surface area contributed by atoms with E-state index in [-0.39, 0.29) is 11.7 Å². The van der Waals surface area contributed by atoms with Crippen molar-refractivity contribution in [2.45, 2.75) is 20.3 Å². The van der Waals surface area contributed by atoms with Crippen molar-refractivity contribution >= 4 is 27.7 Å². The van der Waals surface area contributed by atoms with E-state index < -0.39 is 0 Å². The summed E-state index contributed by atoms with van der Waals surface area (Å²) in [6.07, 6.45) is 2.50. The van der Waals surface area contributed by atoms with Crippen molar-refractivity contribution in [2.24, 2.45) is 7.05 Å². The van der Waals surface area contributed by atoms with Gasteiger partial charge in [-0.15, -0.1) is 0 Å². The molecule has 138 valence electrons. The molecule has 0 atom stereocenters. The molecular weight excluding hydrogens is 341 g/mol. The molecule has 0 aliphatic heterocycles. The second-order valence-electron chi connectivity index (χ2n) is 7.02. The van der Waals surface area contributed by atoms with Gasteiger partial charge in [-0.1, -0.05) is 24.3 Å². The number of hydrogen-bond donors (Lipinski definition) is 2. The van der Waals surface area contributed by atoms with Crippen LogP contribution in [-0.4, -0.2) is 22.0 Å². The predicted molar refractivity (Wildman–Crippen MR) is 107 cm³/mol. The zero-order chi connectivity index (χ0) is 19.1. The molecule has 4 aromatic rings. The van der Waals surface area contributed by atoms with Gasteiger partial charge in [-0.05, 0) is 43.5 Å². The Labute approximate surface area is 157 Å². The van der Waals surface area contributed by atoms with E-state index in [2.05, 4.69) is 10.3 Å². The molecule has 27 heavy (non-hydrogen) atoms. The van der Waals surface area contributed by atoms with Crippen LogP contribution in [0.1, 0.15) is 27.2 Å². The zero-order valence-electron chi connectivity index (χ0n) is 15.7. The molecule has 2 aromatic carbocycles. The minimum absolute atomic E-state index is 0.0906. The van der Waals surface area contributed by atoms with Gasteiger partial charge in [0.05, 0.1) is 11.1 Å².